The molecule has 0 spiro atoms. The molecule has 1 aromatic heterocycles. The van der Waals surface area contributed by atoms with E-state index in [1.807, 2.05) is 57.2 Å². The fraction of sp³-hybridized carbons (Fsp3) is 0.318. The van der Waals surface area contributed by atoms with Crippen LogP contribution in [0.1, 0.15) is 28.4 Å². The molecule has 0 radical (unpaired) electrons. The van der Waals surface area contributed by atoms with Gasteiger partial charge in [0.1, 0.15) is 5.75 Å². The van der Waals surface area contributed by atoms with Gasteiger partial charge in [0.2, 0.25) is 0 Å². The molecule has 0 saturated carbocycles. The molecule has 0 unspecified atom stereocenters. The van der Waals surface area contributed by atoms with Crippen molar-refractivity contribution in [1.29, 1.82) is 0 Å². The van der Waals surface area contributed by atoms with Crippen molar-refractivity contribution in [2.75, 3.05) is 18.9 Å². The predicted molar refractivity (Wildman–Crippen MR) is 111 cm³/mol. The number of amides is 2. The third kappa shape index (κ3) is 5.81. The summed E-state index contributed by atoms with van der Waals surface area (Å²) in [6, 6.07) is 13.5. The number of urea groups is 1. The highest BCUT2D eigenvalue weighted by Crippen LogP contribution is 2.19. The molecule has 2 amide bonds. The van der Waals surface area contributed by atoms with Gasteiger partial charge in [0.15, 0.2) is 12.4 Å². The summed E-state index contributed by atoms with van der Waals surface area (Å²) in [6.07, 6.45) is 0.491. The predicted octanol–water partition coefficient (Wildman–Crippen LogP) is 4.28. The standard InChI is InChI=1S/C22H26N4O3/c1-15-5-8-18(9-6-15)23-22(27)26(4)12-11-20-24-21(29-25-20)14-28-19-10-7-16(2)13-17(19)3/h5-10,13H,11-12,14H2,1-4H3,(H,23,27). The van der Waals surface area contributed by atoms with E-state index in [1.54, 1.807) is 11.9 Å². The Morgan fingerprint density at radius 2 is 1.83 bits per heavy atom. The lowest BCUT2D eigenvalue weighted by atomic mass is 10.1. The Morgan fingerprint density at radius 3 is 2.55 bits per heavy atom. The van der Waals surface area contributed by atoms with Crippen LogP contribution in [0, 0.1) is 20.8 Å². The number of carbonyl (C=O) groups is 1. The number of hydrogen-bond acceptors (Lipinski definition) is 5. The summed E-state index contributed by atoms with van der Waals surface area (Å²) < 4.78 is 11.0. The lowest BCUT2D eigenvalue weighted by Crippen LogP contribution is -2.33. The van der Waals surface area contributed by atoms with E-state index in [1.165, 1.54) is 5.56 Å². The van der Waals surface area contributed by atoms with Crippen LogP contribution in [-0.2, 0) is 13.0 Å². The van der Waals surface area contributed by atoms with Crippen LogP contribution in [0.2, 0.25) is 0 Å². The van der Waals surface area contributed by atoms with E-state index in [9.17, 15) is 4.79 Å². The van der Waals surface area contributed by atoms with Gasteiger partial charge in [-0.15, -0.1) is 0 Å². The summed E-state index contributed by atoms with van der Waals surface area (Å²) >= 11 is 0. The molecule has 1 N–H and O–H groups in total. The number of hydrogen-bond donors (Lipinski definition) is 1. The molecule has 0 bridgehead atoms. The highest BCUT2D eigenvalue weighted by molar-refractivity contribution is 5.89. The lowest BCUT2D eigenvalue weighted by molar-refractivity contribution is 0.222. The monoisotopic (exact) mass is 394 g/mol. The molecular formula is C22H26N4O3. The first kappa shape index (κ1) is 20.4. The van der Waals surface area contributed by atoms with E-state index in [4.69, 9.17) is 9.26 Å². The minimum absolute atomic E-state index is 0.184. The smallest absolute Gasteiger partial charge is 0.321 e. The van der Waals surface area contributed by atoms with Crippen molar-refractivity contribution >= 4 is 11.7 Å². The number of aryl methyl sites for hydroxylation is 3. The van der Waals surface area contributed by atoms with Gasteiger partial charge in [-0.3, -0.25) is 0 Å². The fourth-order valence-corrected chi connectivity index (χ4v) is 2.78. The summed E-state index contributed by atoms with van der Waals surface area (Å²) in [5, 5.41) is 6.83. The number of likely N-dealkylation sites (N-methyl/N-ethyl adjacent to an activating group) is 1. The summed E-state index contributed by atoms with van der Waals surface area (Å²) in [5.41, 5.74) is 4.15. The van der Waals surface area contributed by atoms with Gasteiger partial charge < -0.3 is 19.5 Å². The molecule has 0 saturated heterocycles. The minimum Gasteiger partial charge on any atom is -0.483 e. The van der Waals surface area contributed by atoms with Gasteiger partial charge in [-0.05, 0) is 44.5 Å². The van der Waals surface area contributed by atoms with E-state index in [0.29, 0.717) is 24.7 Å². The normalized spacial score (nSPS) is 10.6. The van der Waals surface area contributed by atoms with Crippen molar-refractivity contribution in [2.24, 2.45) is 0 Å². The van der Waals surface area contributed by atoms with Gasteiger partial charge in [0, 0.05) is 25.7 Å². The molecule has 0 aliphatic rings. The van der Waals surface area contributed by atoms with Crippen molar-refractivity contribution in [3.05, 3.63) is 70.9 Å². The Morgan fingerprint density at radius 1 is 1.10 bits per heavy atom. The van der Waals surface area contributed by atoms with E-state index in [2.05, 4.69) is 21.5 Å². The van der Waals surface area contributed by atoms with Gasteiger partial charge in [0.05, 0.1) is 0 Å². The Bertz CT molecular complexity index is 966. The molecule has 29 heavy (non-hydrogen) atoms. The van der Waals surface area contributed by atoms with Crippen molar-refractivity contribution < 1.29 is 14.1 Å². The summed E-state index contributed by atoms with van der Waals surface area (Å²) in [4.78, 5) is 18.2. The molecule has 0 fully saturated rings. The second-order valence-electron chi connectivity index (χ2n) is 7.13. The van der Waals surface area contributed by atoms with Gasteiger partial charge in [-0.2, -0.15) is 4.98 Å². The number of aromatic nitrogens is 2. The van der Waals surface area contributed by atoms with E-state index < -0.39 is 0 Å². The highest BCUT2D eigenvalue weighted by atomic mass is 16.5. The molecule has 3 aromatic rings. The Balaban J connectivity index is 1.46. The second kappa shape index (κ2) is 9.23. The highest BCUT2D eigenvalue weighted by Gasteiger charge is 2.12. The number of nitrogens with one attached hydrogen (secondary N) is 1. The Labute approximate surface area is 170 Å². The third-order valence-corrected chi connectivity index (χ3v) is 4.51. The van der Waals surface area contributed by atoms with Crippen molar-refractivity contribution in [3.63, 3.8) is 0 Å². The molecule has 3 rings (SSSR count). The van der Waals surface area contributed by atoms with Gasteiger partial charge in [-0.25, -0.2) is 4.79 Å². The molecule has 2 aromatic carbocycles. The maximum absolute atomic E-state index is 12.3. The fourth-order valence-electron chi connectivity index (χ4n) is 2.78. The molecule has 0 aliphatic carbocycles. The Hall–Kier alpha value is -3.35. The van der Waals surface area contributed by atoms with Gasteiger partial charge >= 0.3 is 6.03 Å². The third-order valence-electron chi connectivity index (χ3n) is 4.51. The van der Waals surface area contributed by atoms with Crippen molar-refractivity contribution in [3.8, 4) is 5.75 Å². The first-order valence-electron chi connectivity index (χ1n) is 9.51. The zero-order valence-electron chi connectivity index (χ0n) is 17.2. The first-order valence-corrected chi connectivity index (χ1v) is 9.51. The zero-order valence-corrected chi connectivity index (χ0v) is 17.2. The van der Waals surface area contributed by atoms with Crippen LogP contribution in [-0.4, -0.2) is 34.7 Å². The minimum atomic E-state index is -0.184. The lowest BCUT2D eigenvalue weighted by Gasteiger charge is -2.17. The van der Waals surface area contributed by atoms with Crippen LogP contribution in [0.15, 0.2) is 47.0 Å². The average Bonchev–Trinajstić information content (AvgIpc) is 3.15. The maximum atomic E-state index is 12.3. The summed E-state index contributed by atoms with van der Waals surface area (Å²) in [7, 11) is 1.73. The number of ether oxygens (including phenoxy) is 1. The van der Waals surface area contributed by atoms with E-state index in [0.717, 1.165) is 22.6 Å². The number of rotatable bonds is 7. The molecule has 7 nitrogen and oxygen atoms in total. The van der Waals surface area contributed by atoms with Crippen LogP contribution in [0.25, 0.3) is 0 Å². The zero-order chi connectivity index (χ0) is 20.8. The summed E-state index contributed by atoms with van der Waals surface area (Å²) in [6.45, 7) is 6.72. The number of benzene rings is 2. The Kier molecular flexibility index (Phi) is 6.49. The van der Waals surface area contributed by atoms with Crippen LogP contribution in [0.5, 0.6) is 5.75 Å². The largest absolute Gasteiger partial charge is 0.483 e. The number of carbonyl (C=O) groups excluding carboxylic acids is 1. The van der Waals surface area contributed by atoms with E-state index in [-0.39, 0.29) is 12.6 Å². The molecule has 0 aliphatic heterocycles. The van der Waals surface area contributed by atoms with Crippen LogP contribution < -0.4 is 10.1 Å². The molecular weight excluding hydrogens is 368 g/mol. The molecule has 1 heterocycles. The second-order valence-corrected chi connectivity index (χ2v) is 7.13. The van der Waals surface area contributed by atoms with Crippen molar-refractivity contribution in [1.82, 2.24) is 15.0 Å². The maximum Gasteiger partial charge on any atom is 0.321 e. The SMILES string of the molecule is Cc1ccc(NC(=O)N(C)CCc2noc(COc3ccc(C)cc3C)n2)cc1. The molecule has 152 valence electrons. The van der Waals surface area contributed by atoms with Crippen LogP contribution in [0.3, 0.4) is 0 Å². The summed E-state index contributed by atoms with van der Waals surface area (Å²) in [5.74, 6) is 1.74. The van der Waals surface area contributed by atoms with Crippen LogP contribution >= 0.6 is 0 Å². The van der Waals surface area contributed by atoms with Crippen molar-refractivity contribution in [2.45, 2.75) is 33.8 Å². The average molecular weight is 394 g/mol. The molecule has 7 heteroatoms. The topological polar surface area (TPSA) is 80.5 Å². The number of anilines is 1. The first-order chi connectivity index (χ1) is 13.9. The van der Waals surface area contributed by atoms with Gasteiger partial charge in [-0.1, -0.05) is 40.5 Å². The quantitative estimate of drug-likeness (QED) is 0.647. The number of nitrogens with zero attached hydrogens (tertiary/aromatic N) is 3. The van der Waals surface area contributed by atoms with E-state index >= 15 is 0 Å². The van der Waals surface area contributed by atoms with Crippen LogP contribution in [0.4, 0.5) is 10.5 Å². The molecule has 0 atom stereocenters. The van der Waals surface area contributed by atoms with Gasteiger partial charge in [0.25, 0.3) is 5.89 Å².